The minimum atomic E-state index is 0.294. The molecule has 0 amide bonds. The van der Waals surface area contributed by atoms with Crippen LogP contribution in [0.3, 0.4) is 0 Å². The molecule has 1 aromatic rings. The topological polar surface area (TPSA) is 67.1 Å². The van der Waals surface area contributed by atoms with Crippen LogP contribution >= 0.6 is 0 Å². The van der Waals surface area contributed by atoms with Gasteiger partial charge in [-0.25, -0.2) is 9.97 Å². The summed E-state index contributed by atoms with van der Waals surface area (Å²) in [7, 11) is 4.18. The number of nitrogens with one attached hydrogen (secondary N) is 1. The van der Waals surface area contributed by atoms with Crippen LogP contribution in [0, 0.1) is 0 Å². The number of nitrogen functional groups attached to an aromatic ring is 1. The molecule has 0 aliphatic heterocycles. The minimum Gasteiger partial charge on any atom is -0.384 e. The van der Waals surface area contributed by atoms with Gasteiger partial charge in [0.1, 0.15) is 17.5 Å². The van der Waals surface area contributed by atoms with Crippen molar-refractivity contribution in [1.82, 2.24) is 14.9 Å². The average molecular weight is 251 g/mol. The standard InChI is InChI=1S/C13H25N5/c1-10(2)13-16-11(14)9-12(17-13)15-7-5-6-8-18(3)4/h9-10H,5-8H2,1-4H3,(H3,14,15,16,17). The smallest absolute Gasteiger partial charge is 0.135 e. The number of anilines is 2. The van der Waals surface area contributed by atoms with Crippen molar-refractivity contribution >= 4 is 11.6 Å². The quantitative estimate of drug-likeness (QED) is 0.725. The van der Waals surface area contributed by atoms with E-state index in [0.717, 1.165) is 31.2 Å². The van der Waals surface area contributed by atoms with E-state index >= 15 is 0 Å². The zero-order valence-electron chi connectivity index (χ0n) is 11.9. The van der Waals surface area contributed by atoms with Crippen LogP contribution in [0.1, 0.15) is 38.4 Å². The van der Waals surface area contributed by atoms with Crippen LogP contribution in [0.2, 0.25) is 0 Å². The average Bonchev–Trinajstić information content (AvgIpc) is 2.27. The van der Waals surface area contributed by atoms with E-state index in [9.17, 15) is 0 Å². The molecular weight excluding hydrogens is 226 g/mol. The zero-order chi connectivity index (χ0) is 13.5. The molecule has 0 spiro atoms. The van der Waals surface area contributed by atoms with Crippen LogP contribution in [0.5, 0.6) is 0 Å². The molecule has 102 valence electrons. The Morgan fingerprint density at radius 2 is 2.00 bits per heavy atom. The molecule has 0 atom stereocenters. The Morgan fingerprint density at radius 3 is 2.61 bits per heavy atom. The van der Waals surface area contributed by atoms with Gasteiger partial charge in [0.2, 0.25) is 0 Å². The van der Waals surface area contributed by atoms with Crippen LogP contribution in [-0.4, -0.2) is 42.1 Å². The maximum absolute atomic E-state index is 5.77. The molecule has 0 aliphatic carbocycles. The number of hydrogen-bond donors (Lipinski definition) is 2. The van der Waals surface area contributed by atoms with E-state index in [1.807, 2.05) is 0 Å². The monoisotopic (exact) mass is 251 g/mol. The number of nitrogens with two attached hydrogens (primary N) is 1. The van der Waals surface area contributed by atoms with E-state index in [1.165, 1.54) is 6.42 Å². The van der Waals surface area contributed by atoms with Crippen molar-refractivity contribution < 1.29 is 0 Å². The van der Waals surface area contributed by atoms with Crippen molar-refractivity contribution in [2.75, 3.05) is 38.2 Å². The Kier molecular flexibility index (Phi) is 5.85. The fourth-order valence-corrected chi connectivity index (χ4v) is 1.60. The Morgan fingerprint density at radius 1 is 1.28 bits per heavy atom. The van der Waals surface area contributed by atoms with Gasteiger partial charge in [-0.3, -0.25) is 0 Å². The molecule has 0 aromatic carbocycles. The van der Waals surface area contributed by atoms with Gasteiger partial charge in [0.05, 0.1) is 0 Å². The van der Waals surface area contributed by atoms with Crippen LogP contribution < -0.4 is 11.1 Å². The van der Waals surface area contributed by atoms with Gasteiger partial charge in [-0.15, -0.1) is 0 Å². The highest BCUT2D eigenvalue weighted by Crippen LogP contribution is 2.14. The third-order valence-electron chi connectivity index (χ3n) is 2.62. The Balaban J connectivity index is 2.42. The van der Waals surface area contributed by atoms with Gasteiger partial charge in [-0.2, -0.15) is 0 Å². The fourth-order valence-electron chi connectivity index (χ4n) is 1.60. The van der Waals surface area contributed by atoms with Gasteiger partial charge in [0.25, 0.3) is 0 Å². The molecule has 0 saturated heterocycles. The normalized spacial score (nSPS) is 11.2. The van der Waals surface area contributed by atoms with E-state index in [1.54, 1.807) is 6.07 Å². The van der Waals surface area contributed by atoms with Crippen LogP contribution in [0.4, 0.5) is 11.6 Å². The van der Waals surface area contributed by atoms with E-state index in [2.05, 4.69) is 48.1 Å². The summed E-state index contributed by atoms with van der Waals surface area (Å²) >= 11 is 0. The van der Waals surface area contributed by atoms with Gasteiger partial charge >= 0.3 is 0 Å². The molecule has 0 bridgehead atoms. The van der Waals surface area contributed by atoms with E-state index in [0.29, 0.717) is 11.7 Å². The number of hydrogen-bond acceptors (Lipinski definition) is 5. The lowest BCUT2D eigenvalue weighted by Gasteiger charge is -2.11. The number of rotatable bonds is 7. The molecule has 5 heteroatoms. The highest BCUT2D eigenvalue weighted by atomic mass is 15.1. The second-order valence-electron chi connectivity index (χ2n) is 5.13. The van der Waals surface area contributed by atoms with Crippen molar-refractivity contribution in [2.45, 2.75) is 32.6 Å². The lowest BCUT2D eigenvalue weighted by molar-refractivity contribution is 0.396. The van der Waals surface area contributed by atoms with E-state index in [4.69, 9.17) is 5.73 Å². The van der Waals surface area contributed by atoms with E-state index in [-0.39, 0.29) is 0 Å². The first-order valence-electron chi connectivity index (χ1n) is 6.52. The Labute approximate surface area is 110 Å². The van der Waals surface area contributed by atoms with Gasteiger partial charge in [-0.05, 0) is 33.5 Å². The lowest BCUT2D eigenvalue weighted by atomic mass is 10.2. The maximum atomic E-state index is 5.77. The number of unbranched alkanes of at least 4 members (excludes halogenated alkanes) is 1. The molecule has 0 saturated carbocycles. The fraction of sp³-hybridized carbons (Fsp3) is 0.692. The zero-order valence-corrected chi connectivity index (χ0v) is 11.9. The molecule has 5 nitrogen and oxygen atoms in total. The van der Waals surface area contributed by atoms with Gasteiger partial charge < -0.3 is 16.0 Å². The summed E-state index contributed by atoms with van der Waals surface area (Å²) in [5.74, 6) is 2.45. The van der Waals surface area contributed by atoms with Gasteiger partial charge in [0.15, 0.2) is 0 Å². The van der Waals surface area contributed by atoms with Crippen molar-refractivity contribution in [3.05, 3.63) is 11.9 Å². The molecular formula is C13H25N5. The number of aromatic nitrogens is 2. The van der Waals surface area contributed by atoms with Crippen molar-refractivity contribution in [1.29, 1.82) is 0 Å². The van der Waals surface area contributed by atoms with E-state index < -0.39 is 0 Å². The van der Waals surface area contributed by atoms with Gasteiger partial charge in [-0.1, -0.05) is 13.8 Å². The predicted molar refractivity (Wildman–Crippen MR) is 76.8 cm³/mol. The predicted octanol–water partition coefficient (Wildman–Crippen LogP) is 1.94. The first-order valence-corrected chi connectivity index (χ1v) is 6.52. The van der Waals surface area contributed by atoms with Gasteiger partial charge in [0, 0.05) is 18.5 Å². The minimum absolute atomic E-state index is 0.294. The summed E-state index contributed by atoms with van der Waals surface area (Å²) in [6.07, 6.45) is 2.30. The second kappa shape index (κ2) is 7.16. The Bertz CT molecular complexity index is 362. The third-order valence-corrected chi connectivity index (χ3v) is 2.62. The maximum Gasteiger partial charge on any atom is 0.135 e. The summed E-state index contributed by atoms with van der Waals surface area (Å²) < 4.78 is 0. The SMILES string of the molecule is CC(C)c1nc(N)cc(NCCCCN(C)C)n1. The summed E-state index contributed by atoms with van der Waals surface area (Å²) in [5.41, 5.74) is 5.77. The van der Waals surface area contributed by atoms with Crippen molar-refractivity contribution in [3.8, 4) is 0 Å². The molecule has 0 fully saturated rings. The summed E-state index contributed by atoms with van der Waals surface area (Å²) in [6.45, 7) is 6.16. The third kappa shape index (κ3) is 5.31. The van der Waals surface area contributed by atoms with Crippen LogP contribution in [0.25, 0.3) is 0 Å². The molecule has 1 aromatic heterocycles. The molecule has 1 heterocycles. The second-order valence-corrected chi connectivity index (χ2v) is 5.13. The molecule has 0 aliphatic rings. The molecule has 1 rings (SSSR count). The lowest BCUT2D eigenvalue weighted by Crippen LogP contribution is -2.14. The first kappa shape index (κ1) is 14.7. The molecule has 0 unspecified atom stereocenters. The van der Waals surface area contributed by atoms with Crippen LogP contribution in [0.15, 0.2) is 6.07 Å². The Hall–Kier alpha value is -1.36. The first-order chi connectivity index (χ1) is 8.49. The van der Waals surface area contributed by atoms with Crippen molar-refractivity contribution in [3.63, 3.8) is 0 Å². The van der Waals surface area contributed by atoms with Crippen molar-refractivity contribution in [2.24, 2.45) is 0 Å². The molecule has 0 radical (unpaired) electrons. The van der Waals surface area contributed by atoms with Crippen LogP contribution in [-0.2, 0) is 0 Å². The largest absolute Gasteiger partial charge is 0.384 e. The number of nitrogens with zero attached hydrogens (tertiary/aromatic N) is 3. The summed E-state index contributed by atoms with van der Waals surface area (Å²) in [5, 5.41) is 3.30. The molecule has 3 N–H and O–H groups in total. The summed E-state index contributed by atoms with van der Waals surface area (Å²) in [4.78, 5) is 10.9. The highest BCUT2D eigenvalue weighted by Gasteiger charge is 2.06. The summed E-state index contributed by atoms with van der Waals surface area (Å²) in [6, 6.07) is 1.79. The molecule has 18 heavy (non-hydrogen) atoms. The highest BCUT2D eigenvalue weighted by molar-refractivity contribution is 5.44.